The summed E-state index contributed by atoms with van der Waals surface area (Å²) in [6, 6.07) is 0. The average molecular weight is 335 g/mol. The van der Waals surface area contributed by atoms with Crippen molar-refractivity contribution in [3.8, 4) is 0 Å². The highest BCUT2D eigenvalue weighted by molar-refractivity contribution is 7.09. The number of hydrogen-bond donors (Lipinski definition) is 2. The van der Waals surface area contributed by atoms with Gasteiger partial charge in [0.05, 0.1) is 10.7 Å². The van der Waals surface area contributed by atoms with Crippen molar-refractivity contribution in [3.63, 3.8) is 0 Å². The maximum absolute atomic E-state index is 12.5. The second-order valence-electron chi connectivity index (χ2n) is 6.01. The van der Waals surface area contributed by atoms with Crippen LogP contribution >= 0.6 is 11.3 Å². The molecule has 2 rings (SSSR count). The first-order chi connectivity index (χ1) is 11.1. The van der Waals surface area contributed by atoms with Crippen LogP contribution in [0.1, 0.15) is 56.2 Å². The van der Waals surface area contributed by atoms with E-state index in [1.807, 2.05) is 19.2 Å². The van der Waals surface area contributed by atoms with Gasteiger partial charge >= 0.3 is 0 Å². The van der Waals surface area contributed by atoms with Crippen molar-refractivity contribution in [2.45, 2.75) is 57.9 Å². The Bertz CT molecular complexity index is 574. The Hall–Kier alpha value is -1.69. The third-order valence-electron chi connectivity index (χ3n) is 4.08. The van der Waals surface area contributed by atoms with Crippen LogP contribution in [-0.4, -0.2) is 28.9 Å². The van der Waals surface area contributed by atoms with E-state index < -0.39 is 5.54 Å². The number of hydrogen-bond acceptors (Lipinski definition) is 4. The SMILES string of the molecule is CCCNC(=O)C1(NC(=O)/C=C\c2csc(C)n2)CCCCC1. The zero-order valence-corrected chi connectivity index (χ0v) is 14.7. The van der Waals surface area contributed by atoms with Gasteiger partial charge in [-0.3, -0.25) is 9.59 Å². The number of carbonyl (C=O) groups excluding carboxylic acids is 2. The Morgan fingerprint density at radius 3 is 2.70 bits per heavy atom. The molecule has 0 atom stereocenters. The van der Waals surface area contributed by atoms with E-state index in [1.165, 1.54) is 6.08 Å². The standard InChI is InChI=1S/C17H25N3O2S/c1-3-11-18-16(22)17(9-5-4-6-10-17)20-15(21)8-7-14-12-23-13(2)19-14/h7-8,12H,3-6,9-11H2,1-2H3,(H,18,22)(H,20,21)/b8-7-. The molecule has 0 aliphatic heterocycles. The molecule has 23 heavy (non-hydrogen) atoms. The smallest absolute Gasteiger partial charge is 0.245 e. The molecule has 0 spiro atoms. The van der Waals surface area contributed by atoms with E-state index in [0.717, 1.165) is 36.4 Å². The fraction of sp³-hybridized carbons (Fsp3) is 0.588. The summed E-state index contributed by atoms with van der Waals surface area (Å²) >= 11 is 1.55. The lowest BCUT2D eigenvalue weighted by atomic mass is 9.80. The molecular formula is C17H25N3O2S. The van der Waals surface area contributed by atoms with Gasteiger partial charge in [0, 0.05) is 18.0 Å². The molecule has 5 nitrogen and oxygen atoms in total. The summed E-state index contributed by atoms with van der Waals surface area (Å²) < 4.78 is 0. The number of rotatable bonds is 6. The van der Waals surface area contributed by atoms with E-state index in [2.05, 4.69) is 15.6 Å². The minimum atomic E-state index is -0.757. The van der Waals surface area contributed by atoms with Crippen LogP contribution in [0, 0.1) is 6.92 Å². The Morgan fingerprint density at radius 1 is 1.35 bits per heavy atom. The van der Waals surface area contributed by atoms with Crippen molar-refractivity contribution in [2.75, 3.05) is 6.54 Å². The molecule has 126 valence electrons. The summed E-state index contributed by atoms with van der Waals surface area (Å²) in [6.07, 6.45) is 8.52. The highest BCUT2D eigenvalue weighted by atomic mass is 32.1. The molecule has 1 aliphatic carbocycles. The summed E-state index contributed by atoms with van der Waals surface area (Å²) in [5.74, 6) is -0.283. The number of nitrogens with zero attached hydrogens (tertiary/aromatic N) is 1. The van der Waals surface area contributed by atoms with Crippen LogP contribution < -0.4 is 10.6 Å². The fourth-order valence-corrected chi connectivity index (χ4v) is 3.45. The average Bonchev–Trinajstić information content (AvgIpc) is 2.97. The van der Waals surface area contributed by atoms with Gasteiger partial charge in [-0.05, 0) is 32.3 Å². The Kier molecular flexibility index (Phi) is 6.33. The first kappa shape index (κ1) is 17.7. The van der Waals surface area contributed by atoms with Crippen LogP contribution in [0.25, 0.3) is 6.08 Å². The highest BCUT2D eigenvalue weighted by Gasteiger charge is 2.40. The second kappa shape index (κ2) is 8.24. The molecule has 0 radical (unpaired) electrons. The Labute approximate surface area is 141 Å². The zero-order chi connectivity index (χ0) is 16.7. The quantitative estimate of drug-likeness (QED) is 0.785. The predicted octanol–water partition coefficient (Wildman–Crippen LogP) is 2.81. The molecule has 2 amide bonds. The molecule has 1 aliphatic rings. The predicted molar refractivity (Wildman–Crippen MR) is 93.1 cm³/mol. The van der Waals surface area contributed by atoms with Gasteiger partial charge in [0.1, 0.15) is 5.54 Å². The molecule has 1 saturated carbocycles. The van der Waals surface area contributed by atoms with Crippen molar-refractivity contribution in [3.05, 3.63) is 22.2 Å². The van der Waals surface area contributed by atoms with E-state index in [9.17, 15) is 9.59 Å². The molecule has 0 bridgehead atoms. The van der Waals surface area contributed by atoms with Gasteiger partial charge in [-0.25, -0.2) is 4.98 Å². The Balaban J connectivity index is 2.03. The van der Waals surface area contributed by atoms with Crippen molar-refractivity contribution in [1.29, 1.82) is 0 Å². The molecule has 0 unspecified atom stereocenters. The molecule has 1 fully saturated rings. The third kappa shape index (κ3) is 4.89. The Morgan fingerprint density at radius 2 is 2.09 bits per heavy atom. The van der Waals surface area contributed by atoms with Crippen LogP contribution in [0.2, 0.25) is 0 Å². The summed E-state index contributed by atoms with van der Waals surface area (Å²) in [5, 5.41) is 8.76. The van der Waals surface area contributed by atoms with Gasteiger partial charge in [-0.2, -0.15) is 0 Å². The summed E-state index contributed by atoms with van der Waals surface area (Å²) in [6.45, 7) is 4.59. The molecule has 1 aromatic rings. The van der Waals surface area contributed by atoms with E-state index in [0.29, 0.717) is 19.4 Å². The number of thiazole rings is 1. The number of amides is 2. The van der Waals surface area contributed by atoms with Crippen LogP contribution in [0.15, 0.2) is 11.5 Å². The van der Waals surface area contributed by atoms with E-state index >= 15 is 0 Å². The maximum atomic E-state index is 12.5. The lowest BCUT2D eigenvalue weighted by Crippen LogP contribution is -2.59. The van der Waals surface area contributed by atoms with Crippen molar-refractivity contribution < 1.29 is 9.59 Å². The summed E-state index contributed by atoms with van der Waals surface area (Å²) in [7, 11) is 0. The van der Waals surface area contributed by atoms with Gasteiger partial charge in [0.2, 0.25) is 11.8 Å². The number of carbonyl (C=O) groups is 2. The minimum absolute atomic E-state index is 0.0506. The van der Waals surface area contributed by atoms with Gasteiger partial charge in [0.15, 0.2) is 0 Å². The normalized spacial score (nSPS) is 17.1. The molecule has 1 heterocycles. The van der Waals surface area contributed by atoms with E-state index in [1.54, 1.807) is 17.4 Å². The summed E-state index contributed by atoms with van der Waals surface area (Å²) in [5.41, 5.74) is 0.0168. The fourth-order valence-electron chi connectivity index (χ4n) is 2.87. The van der Waals surface area contributed by atoms with Crippen LogP contribution in [0.4, 0.5) is 0 Å². The first-order valence-electron chi connectivity index (χ1n) is 8.26. The third-order valence-corrected chi connectivity index (χ3v) is 4.87. The molecular weight excluding hydrogens is 310 g/mol. The maximum Gasteiger partial charge on any atom is 0.245 e. The molecule has 2 N–H and O–H groups in total. The molecule has 0 aromatic carbocycles. The van der Waals surface area contributed by atoms with Gasteiger partial charge < -0.3 is 10.6 Å². The van der Waals surface area contributed by atoms with Crippen LogP contribution in [0.5, 0.6) is 0 Å². The van der Waals surface area contributed by atoms with Crippen LogP contribution in [0.3, 0.4) is 0 Å². The largest absolute Gasteiger partial charge is 0.354 e. The lowest BCUT2D eigenvalue weighted by molar-refractivity contribution is -0.133. The summed E-state index contributed by atoms with van der Waals surface area (Å²) in [4.78, 5) is 29.1. The van der Waals surface area contributed by atoms with Gasteiger partial charge in [-0.1, -0.05) is 26.2 Å². The number of nitrogens with one attached hydrogen (secondary N) is 2. The van der Waals surface area contributed by atoms with Crippen molar-refractivity contribution in [2.24, 2.45) is 0 Å². The first-order valence-corrected chi connectivity index (χ1v) is 9.14. The van der Waals surface area contributed by atoms with Gasteiger partial charge in [0.25, 0.3) is 0 Å². The number of aromatic nitrogens is 1. The topological polar surface area (TPSA) is 71.1 Å². The molecule has 6 heteroatoms. The van der Waals surface area contributed by atoms with Crippen molar-refractivity contribution in [1.82, 2.24) is 15.6 Å². The zero-order valence-electron chi connectivity index (χ0n) is 13.9. The van der Waals surface area contributed by atoms with E-state index in [4.69, 9.17) is 0 Å². The second-order valence-corrected chi connectivity index (χ2v) is 7.07. The monoisotopic (exact) mass is 335 g/mol. The molecule has 0 saturated heterocycles. The number of aryl methyl sites for hydroxylation is 1. The highest BCUT2D eigenvalue weighted by Crippen LogP contribution is 2.28. The van der Waals surface area contributed by atoms with Gasteiger partial charge in [-0.15, -0.1) is 11.3 Å². The minimum Gasteiger partial charge on any atom is -0.354 e. The van der Waals surface area contributed by atoms with E-state index in [-0.39, 0.29) is 11.8 Å². The van der Waals surface area contributed by atoms with Crippen LogP contribution in [-0.2, 0) is 9.59 Å². The van der Waals surface area contributed by atoms with Crippen molar-refractivity contribution >= 4 is 29.2 Å². The molecule has 1 aromatic heterocycles. The lowest BCUT2D eigenvalue weighted by Gasteiger charge is -2.36.